The van der Waals surface area contributed by atoms with Crippen molar-refractivity contribution in [2.75, 3.05) is 19.8 Å². The van der Waals surface area contributed by atoms with Gasteiger partial charge in [-0.1, -0.05) is 32.9 Å². The molecule has 0 atom stereocenters. The highest BCUT2D eigenvalue weighted by Crippen LogP contribution is 2.27. The second kappa shape index (κ2) is 7.12. The predicted octanol–water partition coefficient (Wildman–Crippen LogP) is 4.13. The van der Waals surface area contributed by atoms with Crippen molar-refractivity contribution in [3.8, 4) is 11.5 Å². The third kappa shape index (κ3) is 4.24. The lowest BCUT2D eigenvalue weighted by Crippen LogP contribution is -2.56. The lowest BCUT2D eigenvalue weighted by molar-refractivity contribution is -0.145. The Balaban J connectivity index is 1.77. The topological polar surface area (TPSA) is 55.6 Å². The molecule has 3 rings (SSSR count). The molecule has 2 heterocycles. The molecule has 1 aromatic carbocycles. The molecule has 1 amide bonds. The first-order valence-electron chi connectivity index (χ1n) is 9.53. The molecule has 1 saturated heterocycles. The second-order valence-corrected chi connectivity index (χ2v) is 8.94. The average Bonchev–Trinajstić information content (AvgIpc) is 2.94. The van der Waals surface area contributed by atoms with Crippen molar-refractivity contribution in [2.24, 2.45) is 0 Å². The molecular weight excluding hydrogens is 340 g/mol. The van der Waals surface area contributed by atoms with Gasteiger partial charge in [-0.25, -0.2) is 4.98 Å². The van der Waals surface area contributed by atoms with Gasteiger partial charge in [-0.3, -0.25) is 4.79 Å². The van der Waals surface area contributed by atoms with Crippen molar-refractivity contribution < 1.29 is 13.9 Å². The highest BCUT2D eigenvalue weighted by molar-refractivity contribution is 5.79. The van der Waals surface area contributed by atoms with Gasteiger partial charge in [0.15, 0.2) is 0 Å². The van der Waals surface area contributed by atoms with E-state index in [2.05, 4.69) is 37.9 Å². The summed E-state index contributed by atoms with van der Waals surface area (Å²) in [6.45, 7) is 14.2. The summed E-state index contributed by atoms with van der Waals surface area (Å²) >= 11 is 0. The minimum Gasteiger partial charge on any atom is -0.441 e. The largest absolute Gasteiger partial charge is 0.441 e. The molecular formula is C22H30N2O3. The summed E-state index contributed by atoms with van der Waals surface area (Å²) in [7, 11) is 0. The standard InChI is InChI=1S/C22H30N2O3/c1-15-18(13-19(25)24-11-12-26-14-22(24,5)6)23-20(27-15)16-7-9-17(10-8-16)21(2,3)4/h7-10H,11-14H2,1-6H3. The Labute approximate surface area is 161 Å². The molecule has 0 spiro atoms. The van der Waals surface area contributed by atoms with Crippen LogP contribution in [0, 0.1) is 6.92 Å². The maximum Gasteiger partial charge on any atom is 0.229 e. The number of morpholine rings is 1. The normalized spacial score (nSPS) is 17.2. The molecule has 1 aromatic heterocycles. The maximum absolute atomic E-state index is 12.8. The molecule has 0 N–H and O–H groups in total. The monoisotopic (exact) mass is 370 g/mol. The van der Waals surface area contributed by atoms with Crippen molar-refractivity contribution in [3.05, 3.63) is 41.3 Å². The van der Waals surface area contributed by atoms with Gasteiger partial charge in [-0.05, 0) is 43.9 Å². The lowest BCUT2D eigenvalue weighted by Gasteiger charge is -2.42. The quantitative estimate of drug-likeness (QED) is 0.815. The van der Waals surface area contributed by atoms with Crippen LogP contribution in [0.5, 0.6) is 0 Å². The molecule has 1 fully saturated rings. The Kier molecular flexibility index (Phi) is 5.17. The van der Waals surface area contributed by atoms with E-state index in [0.29, 0.717) is 37.1 Å². The van der Waals surface area contributed by atoms with Gasteiger partial charge in [-0.2, -0.15) is 0 Å². The second-order valence-electron chi connectivity index (χ2n) is 8.94. The third-order valence-corrected chi connectivity index (χ3v) is 5.16. The van der Waals surface area contributed by atoms with Crippen LogP contribution in [0.25, 0.3) is 11.5 Å². The molecule has 0 bridgehead atoms. The van der Waals surface area contributed by atoms with Crippen molar-refractivity contribution in [1.82, 2.24) is 9.88 Å². The van der Waals surface area contributed by atoms with Crippen LogP contribution in [-0.2, 0) is 21.4 Å². The van der Waals surface area contributed by atoms with Crippen LogP contribution in [0.3, 0.4) is 0 Å². The van der Waals surface area contributed by atoms with E-state index in [1.807, 2.05) is 37.8 Å². The summed E-state index contributed by atoms with van der Waals surface area (Å²) in [5, 5.41) is 0. The van der Waals surface area contributed by atoms with Gasteiger partial charge in [-0.15, -0.1) is 0 Å². The van der Waals surface area contributed by atoms with Gasteiger partial charge < -0.3 is 14.1 Å². The molecule has 0 aliphatic carbocycles. The zero-order chi connectivity index (χ0) is 19.8. The molecule has 0 radical (unpaired) electrons. The van der Waals surface area contributed by atoms with Crippen LogP contribution in [-0.4, -0.2) is 41.1 Å². The number of aromatic nitrogens is 1. The Morgan fingerprint density at radius 1 is 1.22 bits per heavy atom. The first-order valence-corrected chi connectivity index (χ1v) is 9.53. The Hall–Kier alpha value is -2.14. The minimum atomic E-state index is -0.293. The summed E-state index contributed by atoms with van der Waals surface area (Å²) < 4.78 is 11.4. The first-order chi connectivity index (χ1) is 12.6. The van der Waals surface area contributed by atoms with Crippen LogP contribution < -0.4 is 0 Å². The number of carbonyl (C=O) groups is 1. The SMILES string of the molecule is Cc1oc(-c2ccc(C(C)(C)C)cc2)nc1CC(=O)N1CCOCC1(C)C. The molecule has 27 heavy (non-hydrogen) atoms. The summed E-state index contributed by atoms with van der Waals surface area (Å²) in [6, 6.07) is 8.27. The number of aryl methyl sites for hydroxylation is 1. The van der Waals surface area contributed by atoms with Crippen molar-refractivity contribution >= 4 is 5.91 Å². The Bertz CT molecular complexity index is 813. The lowest BCUT2D eigenvalue weighted by atomic mass is 9.87. The first kappa shape index (κ1) is 19.6. The number of carbonyl (C=O) groups excluding carboxylic acids is 1. The average molecular weight is 370 g/mol. The third-order valence-electron chi connectivity index (χ3n) is 5.16. The number of nitrogens with zero attached hydrogens (tertiary/aromatic N) is 2. The summed E-state index contributed by atoms with van der Waals surface area (Å²) in [4.78, 5) is 19.3. The van der Waals surface area contributed by atoms with E-state index in [4.69, 9.17) is 9.15 Å². The highest BCUT2D eigenvalue weighted by atomic mass is 16.5. The fourth-order valence-corrected chi connectivity index (χ4v) is 3.39. The Morgan fingerprint density at radius 3 is 2.48 bits per heavy atom. The highest BCUT2D eigenvalue weighted by Gasteiger charge is 2.34. The van der Waals surface area contributed by atoms with E-state index in [1.54, 1.807) is 0 Å². The smallest absolute Gasteiger partial charge is 0.229 e. The number of hydrogen-bond donors (Lipinski definition) is 0. The minimum absolute atomic E-state index is 0.0642. The van der Waals surface area contributed by atoms with Crippen molar-refractivity contribution in [2.45, 2.75) is 58.9 Å². The number of ether oxygens (including phenoxy) is 1. The molecule has 2 aromatic rings. The fourth-order valence-electron chi connectivity index (χ4n) is 3.39. The maximum atomic E-state index is 12.8. The van der Waals surface area contributed by atoms with Crippen LogP contribution in [0.2, 0.25) is 0 Å². The summed E-state index contributed by atoms with van der Waals surface area (Å²) in [5.74, 6) is 1.33. The molecule has 1 aliphatic heterocycles. The number of oxazole rings is 1. The van der Waals surface area contributed by atoms with Crippen LogP contribution in [0.15, 0.2) is 28.7 Å². The number of benzene rings is 1. The zero-order valence-corrected chi connectivity index (χ0v) is 17.3. The summed E-state index contributed by atoms with van der Waals surface area (Å²) in [5.41, 5.74) is 2.71. The summed E-state index contributed by atoms with van der Waals surface area (Å²) in [6.07, 6.45) is 0.249. The molecule has 1 aliphatic rings. The van der Waals surface area contributed by atoms with Crippen molar-refractivity contribution in [1.29, 1.82) is 0 Å². The van der Waals surface area contributed by atoms with Crippen LogP contribution in [0.1, 0.15) is 51.6 Å². The van der Waals surface area contributed by atoms with E-state index in [0.717, 1.165) is 5.56 Å². The molecule has 5 nitrogen and oxygen atoms in total. The van der Waals surface area contributed by atoms with Gasteiger partial charge in [0.1, 0.15) is 5.76 Å². The van der Waals surface area contributed by atoms with Crippen molar-refractivity contribution in [3.63, 3.8) is 0 Å². The van der Waals surface area contributed by atoms with Crippen LogP contribution in [0.4, 0.5) is 0 Å². The molecule has 5 heteroatoms. The number of hydrogen-bond acceptors (Lipinski definition) is 4. The number of rotatable bonds is 3. The van der Waals surface area contributed by atoms with Crippen LogP contribution >= 0.6 is 0 Å². The molecule has 146 valence electrons. The van der Waals surface area contributed by atoms with Gasteiger partial charge in [0.2, 0.25) is 11.8 Å². The molecule has 0 unspecified atom stereocenters. The molecule has 0 saturated carbocycles. The zero-order valence-electron chi connectivity index (χ0n) is 17.3. The van der Waals surface area contributed by atoms with E-state index < -0.39 is 0 Å². The number of amides is 1. The fraction of sp³-hybridized carbons (Fsp3) is 0.545. The van der Waals surface area contributed by atoms with Gasteiger partial charge in [0.05, 0.1) is 30.9 Å². The van der Waals surface area contributed by atoms with Gasteiger partial charge in [0, 0.05) is 12.1 Å². The van der Waals surface area contributed by atoms with Gasteiger partial charge >= 0.3 is 0 Å². The predicted molar refractivity (Wildman–Crippen MR) is 106 cm³/mol. The van der Waals surface area contributed by atoms with E-state index in [9.17, 15) is 4.79 Å². The van der Waals surface area contributed by atoms with E-state index >= 15 is 0 Å². The van der Waals surface area contributed by atoms with Gasteiger partial charge in [0.25, 0.3) is 0 Å². The Morgan fingerprint density at radius 2 is 1.89 bits per heavy atom. The van der Waals surface area contributed by atoms with E-state index in [1.165, 1.54) is 5.56 Å². The van der Waals surface area contributed by atoms with E-state index in [-0.39, 0.29) is 23.3 Å².